The van der Waals surface area contributed by atoms with Crippen LogP contribution in [-0.4, -0.2) is 66.8 Å². The molecular formula is C19H37N3O2. The SMILES string of the molecule is CC(NC1CCCCN(C(=O)OC(C)(C)C)C1)C1CCCN(C)C1. The maximum absolute atomic E-state index is 12.4. The summed E-state index contributed by atoms with van der Waals surface area (Å²) < 4.78 is 5.57. The summed E-state index contributed by atoms with van der Waals surface area (Å²) in [4.78, 5) is 16.7. The lowest BCUT2D eigenvalue weighted by molar-refractivity contribution is 0.0239. The van der Waals surface area contributed by atoms with Gasteiger partial charge in [0.25, 0.3) is 0 Å². The van der Waals surface area contributed by atoms with E-state index in [4.69, 9.17) is 4.74 Å². The highest BCUT2D eigenvalue weighted by atomic mass is 16.6. The maximum Gasteiger partial charge on any atom is 0.410 e. The Kier molecular flexibility index (Phi) is 6.93. The summed E-state index contributed by atoms with van der Waals surface area (Å²) in [7, 11) is 2.22. The molecule has 24 heavy (non-hydrogen) atoms. The van der Waals surface area contributed by atoms with Crippen molar-refractivity contribution in [1.82, 2.24) is 15.1 Å². The number of ether oxygens (including phenoxy) is 1. The minimum Gasteiger partial charge on any atom is -0.444 e. The zero-order chi connectivity index (χ0) is 17.7. The number of amides is 1. The van der Waals surface area contributed by atoms with Crippen LogP contribution < -0.4 is 5.32 Å². The number of nitrogens with zero attached hydrogens (tertiary/aromatic N) is 2. The molecule has 0 bridgehead atoms. The predicted octanol–water partition coefficient (Wildman–Crippen LogP) is 3.10. The van der Waals surface area contributed by atoms with Crippen molar-refractivity contribution in [2.24, 2.45) is 5.92 Å². The van der Waals surface area contributed by atoms with Crippen LogP contribution in [0.3, 0.4) is 0 Å². The highest BCUT2D eigenvalue weighted by molar-refractivity contribution is 5.68. The summed E-state index contributed by atoms with van der Waals surface area (Å²) in [6.45, 7) is 12.1. The Morgan fingerprint density at radius 3 is 2.54 bits per heavy atom. The van der Waals surface area contributed by atoms with Crippen molar-refractivity contribution in [2.75, 3.05) is 33.2 Å². The van der Waals surface area contributed by atoms with E-state index in [0.29, 0.717) is 18.0 Å². The molecule has 2 saturated heterocycles. The molecule has 3 unspecified atom stereocenters. The highest BCUT2D eigenvalue weighted by Gasteiger charge is 2.29. The molecule has 0 aromatic heterocycles. The molecule has 2 aliphatic heterocycles. The van der Waals surface area contributed by atoms with Crippen molar-refractivity contribution in [2.45, 2.75) is 77.5 Å². The molecule has 0 saturated carbocycles. The molecule has 2 fully saturated rings. The van der Waals surface area contributed by atoms with E-state index in [1.807, 2.05) is 25.7 Å². The Morgan fingerprint density at radius 2 is 1.88 bits per heavy atom. The zero-order valence-corrected chi connectivity index (χ0v) is 16.3. The monoisotopic (exact) mass is 339 g/mol. The largest absolute Gasteiger partial charge is 0.444 e. The van der Waals surface area contributed by atoms with E-state index in [9.17, 15) is 4.79 Å². The summed E-state index contributed by atoms with van der Waals surface area (Å²) >= 11 is 0. The van der Waals surface area contributed by atoms with E-state index in [-0.39, 0.29) is 6.09 Å². The van der Waals surface area contributed by atoms with Gasteiger partial charge in [-0.05, 0) is 72.9 Å². The number of likely N-dealkylation sites (tertiary alicyclic amines) is 2. The van der Waals surface area contributed by atoms with Gasteiger partial charge < -0.3 is 19.9 Å². The van der Waals surface area contributed by atoms with Gasteiger partial charge in [0.2, 0.25) is 0 Å². The van der Waals surface area contributed by atoms with E-state index in [0.717, 1.165) is 25.9 Å². The van der Waals surface area contributed by atoms with E-state index in [2.05, 4.69) is 24.2 Å². The van der Waals surface area contributed by atoms with E-state index >= 15 is 0 Å². The first kappa shape index (κ1) is 19.5. The Bertz CT molecular complexity index is 408. The van der Waals surface area contributed by atoms with Gasteiger partial charge in [0.05, 0.1) is 0 Å². The molecular weight excluding hydrogens is 302 g/mol. The first-order chi connectivity index (χ1) is 11.2. The molecule has 2 rings (SSSR count). The molecule has 0 spiro atoms. The lowest BCUT2D eigenvalue weighted by Crippen LogP contribution is -2.50. The summed E-state index contributed by atoms with van der Waals surface area (Å²) in [5.41, 5.74) is -0.424. The minimum absolute atomic E-state index is 0.166. The third-order valence-electron chi connectivity index (χ3n) is 5.19. The van der Waals surface area contributed by atoms with Crippen molar-refractivity contribution in [3.63, 3.8) is 0 Å². The van der Waals surface area contributed by atoms with E-state index in [1.165, 1.54) is 32.4 Å². The number of nitrogens with one attached hydrogen (secondary N) is 1. The van der Waals surface area contributed by atoms with Gasteiger partial charge >= 0.3 is 6.09 Å². The molecule has 0 aromatic rings. The second kappa shape index (κ2) is 8.52. The third kappa shape index (κ3) is 6.25. The first-order valence-electron chi connectivity index (χ1n) is 9.67. The second-order valence-corrected chi connectivity index (χ2v) is 8.74. The number of rotatable bonds is 3. The minimum atomic E-state index is -0.424. The lowest BCUT2D eigenvalue weighted by Gasteiger charge is -2.36. The molecule has 0 aromatic carbocycles. The average Bonchev–Trinajstić information content (AvgIpc) is 2.71. The van der Waals surface area contributed by atoms with Gasteiger partial charge in [0.15, 0.2) is 0 Å². The van der Waals surface area contributed by atoms with Gasteiger partial charge in [-0.2, -0.15) is 0 Å². The van der Waals surface area contributed by atoms with Gasteiger partial charge in [-0.3, -0.25) is 0 Å². The van der Waals surface area contributed by atoms with Crippen LogP contribution in [0.4, 0.5) is 4.79 Å². The third-order valence-corrected chi connectivity index (χ3v) is 5.19. The summed E-state index contributed by atoms with van der Waals surface area (Å²) in [5, 5.41) is 3.82. The van der Waals surface area contributed by atoms with Gasteiger partial charge in [0, 0.05) is 31.7 Å². The summed E-state index contributed by atoms with van der Waals surface area (Å²) in [6.07, 6.45) is 5.82. The molecule has 5 heteroatoms. The lowest BCUT2D eigenvalue weighted by atomic mass is 9.91. The Morgan fingerprint density at radius 1 is 1.12 bits per heavy atom. The molecule has 140 valence electrons. The number of carbonyl (C=O) groups is 1. The normalized spacial score (nSPS) is 28.3. The van der Waals surface area contributed by atoms with Gasteiger partial charge in [-0.25, -0.2) is 4.79 Å². The maximum atomic E-state index is 12.4. The summed E-state index contributed by atoms with van der Waals surface area (Å²) in [5.74, 6) is 0.710. The molecule has 2 aliphatic rings. The van der Waals surface area contributed by atoms with Crippen molar-refractivity contribution < 1.29 is 9.53 Å². The van der Waals surface area contributed by atoms with Crippen LogP contribution in [0.1, 0.15) is 59.8 Å². The number of carbonyl (C=O) groups excluding carboxylic acids is 1. The highest BCUT2D eigenvalue weighted by Crippen LogP contribution is 2.21. The molecule has 1 N–H and O–H groups in total. The van der Waals surface area contributed by atoms with E-state index < -0.39 is 5.60 Å². The standard InChI is InChI=1S/C19H37N3O2/c1-15(16-9-8-11-21(5)13-16)20-17-10-6-7-12-22(14-17)18(23)24-19(2,3)4/h15-17,20H,6-14H2,1-5H3. The molecule has 1 amide bonds. The van der Waals surface area contributed by atoms with Crippen LogP contribution in [0.5, 0.6) is 0 Å². The molecule has 2 heterocycles. The molecule has 3 atom stereocenters. The Hall–Kier alpha value is -0.810. The van der Waals surface area contributed by atoms with Crippen LogP contribution in [0.15, 0.2) is 0 Å². The van der Waals surface area contributed by atoms with Crippen molar-refractivity contribution >= 4 is 6.09 Å². The van der Waals surface area contributed by atoms with Crippen molar-refractivity contribution in [3.05, 3.63) is 0 Å². The van der Waals surface area contributed by atoms with Crippen LogP contribution in [0.25, 0.3) is 0 Å². The fourth-order valence-corrected chi connectivity index (χ4v) is 3.89. The number of hydrogen-bond donors (Lipinski definition) is 1. The molecule has 5 nitrogen and oxygen atoms in total. The van der Waals surface area contributed by atoms with Gasteiger partial charge in [-0.1, -0.05) is 6.42 Å². The molecule has 0 radical (unpaired) electrons. The van der Waals surface area contributed by atoms with Crippen LogP contribution in [-0.2, 0) is 4.74 Å². The first-order valence-corrected chi connectivity index (χ1v) is 9.67. The average molecular weight is 340 g/mol. The fraction of sp³-hybridized carbons (Fsp3) is 0.947. The number of hydrogen-bond acceptors (Lipinski definition) is 4. The van der Waals surface area contributed by atoms with E-state index in [1.54, 1.807) is 0 Å². The zero-order valence-electron chi connectivity index (χ0n) is 16.3. The van der Waals surface area contributed by atoms with Crippen LogP contribution >= 0.6 is 0 Å². The van der Waals surface area contributed by atoms with Crippen LogP contribution in [0.2, 0.25) is 0 Å². The fourth-order valence-electron chi connectivity index (χ4n) is 3.89. The quantitative estimate of drug-likeness (QED) is 0.858. The summed E-state index contributed by atoms with van der Waals surface area (Å²) in [6, 6.07) is 0.874. The second-order valence-electron chi connectivity index (χ2n) is 8.74. The predicted molar refractivity (Wildman–Crippen MR) is 98.3 cm³/mol. The van der Waals surface area contributed by atoms with Gasteiger partial charge in [-0.15, -0.1) is 0 Å². The Balaban J connectivity index is 1.88. The van der Waals surface area contributed by atoms with Crippen LogP contribution in [0, 0.1) is 5.92 Å². The van der Waals surface area contributed by atoms with Crippen molar-refractivity contribution in [3.8, 4) is 0 Å². The molecule has 0 aliphatic carbocycles. The topological polar surface area (TPSA) is 44.8 Å². The smallest absolute Gasteiger partial charge is 0.410 e. The number of piperidine rings is 1. The van der Waals surface area contributed by atoms with Crippen molar-refractivity contribution in [1.29, 1.82) is 0 Å². The van der Waals surface area contributed by atoms with Gasteiger partial charge in [0.1, 0.15) is 5.60 Å². The Labute approximate surface area is 148 Å².